The van der Waals surface area contributed by atoms with E-state index in [0.29, 0.717) is 5.41 Å². The van der Waals surface area contributed by atoms with Gasteiger partial charge in [0.1, 0.15) is 0 Å². The number of nitrogens with one attached hydrogen (secondary N) is 1. The Bertz CT molecular complexity index is 169. The molecule has 0 amide bonds. The molecule has 0 bridgehead atoms. The Morgan fingerprint density at radius 2 is 2.23 bits per heavy atom. The van der Waals surface area contributed by atoms with E-state index in [2.05, 4.69) is 24.2 Å². The molecule has 1 aliphatic carbocycles. The molecule has 1 heterocycles. The van der Waals surface area contributed by atoms with E-state index < -0.39 is 0 Å². The van der Waals surface area contributed by atoms with Gasteiger partial charge in [-0.3, -0.25) is 0 Å². The lowest BCUT2D eigenvalue weighted by atomic mass is 9.86. The Labute approximate surface area is 81.7 Å². The molecule has 0 aromatic rings. The molecular weight excluding hydrogens is 160 g/mol. The average Bonchev–Trinajstić information content (AvgIpc) is 2.31. The van der Waals surface area contributed by atoms with Crippen LogP contribution in [-0.4, -0.2) is 37.6 Å². The molecule has 2 aliphatic rings. The molecule has 0 aromatic heterocycles. The van der Waals surface area contributed by atoms with E-state index in [1.54, 1.807) is 0 Å². The highest BCUT2D eigenvalue weighted by molar-refractivity contribution is 4.89. The van der Waals surface area contributed by atoms with E-state index >= 15 is 0 Å². The summed E-state index contributed by atoms with van der Waals surface area (Å²) in [5.41, 5.74) is 0.546. The lowest BCUT2D eigenvalue weighted by Crippen LogP contribution is -2.43. The van der Waals surface area contributed by atoms with Gasteiger partial charge < -0.3 is 10.2 Å². The van der Waals surface area contributed by atoms with Crippen molar-refractivity contribution in [2.75, 3.05) is 26.7 Å². The van der Waals surface area contributed by atoms with Gasteiger partial charge in [-0.05, 0) is 38.3 Å². The van der Waals surface area contributed by atoms with E-state index in [0.717, 1.165) is 6.04 Å². The predicted octanol–water partition coefficient (Wildman–Crippen LogP) is 1.47. The average molecular weight is 182 g/mol. The van der Waals surface area contributed by atoms with Crippen LogP contribution in [-0.2, 0) is 0 Å². The maximum atomic E-state index is 3.47. The largest absolute Gasteiger partial charge is 0.316 e. The second kappa shape index (κ2) is 3.58. The van der Waals surface area contributed by atoms with Crippen LogP contribution in [0.15, 0.2) is 0 Å². The van der Waals surface area contributed by atoms with E-state index in [4.69, 9.17) is 0 Å². The van der Waals surface area contributed by atoms with Gasteiger partial charge in [0.25, 0.3) is 0 Å². The topological polar surface area (TPSA) is 15.3 Å². The first-order valence-electron chi connectivity index (χ1n) is 5.61. The minimum Gasteiger partial charge on any atom is -0.316 e. The summed E-state index contributed by atoms with van der Waals surface area (Å²) in [4.78, 5) is 2.58. The molecule has 1 N–H and O–H groups in total. The van der Waals surface area contributed by atoms with Crippen LogP contribution in [0.25, 0.3) is 0 Å². The summed E-state index contributed by atoms with van der Waals surface area (Å²) < 4.78 is 0. The van der Waals surface area contributed by atoms with Crippen molar-refractivity contribution in [3.8, 4) is 0 Å². The zero-order chi connectivity index (χ0) is 9.31. The summed E-state index contributed by atoms with van der Waals surface area (Å²) in [7, 11) is 2.30. The molecule has 2 nitrogen and oxygen atoms in total. The molecule has 13 heavy (non-hydrogen) atoms. The van der Waals surface area contributed by atoms with Gasteiger partial charge in [0, 0.05) is 19.1 Å². The van der Waals surface area contributed by atoms with E-state index in [-0.39, 0.29) is 0 Å². The number of hydrogen-bond donors (Lipinski definition) is 1. The molecule has 1 aliphatic heterocycles. The second-order valence-corrected chi connectivity index (χ2v) is 5.24. The third kappa shape index (κ3) is 2.05. The van der Waals surface area contributed by atoms with Crippen LogP contribution in [0.3, 0.4) is 0 Å². The zero-order valence-electron chi connectivity index (χ0n) is 8.97. The van der Waals surface area contributed by atoms with Crippen LogP contribution in [0.2, 0.25) is 0 Å². The summed E-state index contributed by atoms with van der Waals surface area (Å²) in [5, 5.41) is 3.47. The normalized spacial score (nSPS) is 35.3. The summed E-state index contributed by atoms with van der Waals surface area (Å²) in [6.07, 6.45) is 5.66. The molecule has 0 aromatic carbocycles. The second-order valence-electron chi connectivity index (χ2n) is 5.24. The van der Waals surface area contributed by atoms with E-state index in [1.165, 1.54) is 45.3 Å². The first-order valence-corrected chi connectivity index (χ1v) is 5.61. The van der Waals surface area contributed by atoms with Gasteiger partial charge in [0.05, 0.1) is 0 Å². The lowest BCUT2D eigenvalue weighted by Gasteiger charge is -2.39. The van der Waals surface area contributed by atoms with E-state index in [1.807, 2.05) is 0 Å². The Balaban J connectivity index is 1.81. The molecule has 1 unspecified atom stereocenters. The predicted molar refractivity (Wildman–Crippen MR) is 55.9 cm³/mol. The van der Waals surface area contributed by atoms with Crippen LogP contribution in [0, 0.1) is 5.41 Å². The Kier molecular flexibility index (Phi) is 2.61. The minimum absolute atomic E-state index is 0.546. The Morgan fingerprint density at radius 1 is 1.46 bits per heavy atom. The molecule has 1 atom stereocenters. The molecule has 1 saturated carbocycles. The van der Waals surface area contributed by atoms with Crippen molar-refractivity contribution in [3.05, 3.63) is 0 Å². The highest BCUT2D eigenvalue weighted by Crippen LogP contribution is 2.30. The monoisotopic (exact) mass is 182 g/mol. The fourth-order valence-electron chi connectivity index (χ4n) is 2.56. The Hall–Kier alpha value is -0.0800. The molecule has 2 fully saturated rings. The molecular formula is C11H22N2. The van der Waals surface area contributed by atoms with Crippen LogP contribution in [0.5, 0.6) is 0 Å². The molecule has 76 valence electrons. The van der Waals surface area contributed by atoms with Crippen molar-refractivity contribution in [1.29, 1.82) is 0 Å². The van der Waals surface area contributed by atoms with Gasteiger partial charge in [-0.15, -0.1) is 0 Å². The van der Waals surface area contributed by atoms with Crippen molar-refractivity contribution in [1.82, 2.24) is 10.2 Å². The van der Waals surface area contributed by atoms with Crippen LogP contribution in [0.4, 0.5) is 0 Å². The summed E-state index contributed by atoms with van der Waals surface area (Å²) in [6.45, 7) is 6.13. The van der Waals surface area contributed by atoms with Crippen LogP contribution >= 0.6 is 0 Å². The highest BCUT2D eigenvalue weighted by Gasteiger charge is 2.32. The first-order chi connectivity index (χ1) is 6.20. The van der Waals surface area contributed by atoms with Gasteiger partial charge in [-0.1, -0.05) is 13.3 Å². The maximum Gasteiger partial charge on any atom is 0.00924 e. The fourth-order valence-corrected chi connectivity index (χ4v) is 2.56. The molecule has 2 rings (SSSR count). The maximum absolute atomic E-state index is 3.47. The Morgan fingerprint density at radius 3 is 2.69 bits per heavy atom. The molecule has 0 spiro atoms. The summed E-state index contributed by atoms with van der Waals surface area (Å²) in [5.74, 6) is 0. The van der Waals surface area contributed by atoms with E-state index in [9.17, 15) is 0 Å². The van der Waals surface area contributed by atoms with Crippen molar-refractivity contribution < 1.29 is 0 Å². The quantitative estimate of drug-likeness (QED) is 0.711. The number of hydrogen-bond acceptors (Lipinski definition) is 2. The van der Waals surface area contributed by atoms with Gasteiger partial charge in [0.15, 0.2) is 0 Å². The summed E-state index contributed by atoms with van der Waals surface area (Å²) in [6, 6.07) is 0.900. The molecule has 2 heteroatoms. The van der Waals surface area contributed by atoms with Crippen molar-refractivity contribution in [2.45, 2.75) is 38.6 Å². The number of nitrogens with zero attached hydrogens (tertiary/aromatic N) is 1. The molecule has 0 radical (unpaired) electrons. The minimum atomic E-state index is 0.546. The third-order valence-electron chi connectivity index (χ3n) is 3.79. The first kappa shape index (κ1) is 9.47. The lowest BCUT2D eigenvalue weighted by molar-refractivity contribution is 0.110. The third-order valence-corrected chi connectivity index (χ3v) is 3.79. The van der Waals surface area contributed by atoms with Crippen molar-refractivity contribution >= 4 is 0 Å². The molecule has 1 saturated heterocycles. The van der Waals surface area contributed by atoms with Gasteiger partial charge in [0.2, 0.25) is 0 Å². The van der Waals surface area contributed by atoms with Crippen LogP contribution in [0.1, 0.15) is 32.6 Å². The fraction of sp³-hybridized carbons (Fsp3) is 1.00. The van der Waals surface area contributed by atoms with Gasteiger partial charge in [-0.25, -0.2) is 0 Å². The van der Waals surface area contributed by atoms with Crippen LogP contribution < -0.4 is 5.32 Å². The van der Waals surface area contributed by atoms with Gasteiger partial charge >= 0.3 is 0 Å². The smallest absolute Gasteiger partial charge is 0.00924 e. The standard InChI is InChI=1S/C11H22N2/c1-11(6-7-12-8-11)9-13(2)10-4-3-5-10/h10,12H,3-9H2,1-2H3. The van der Waals surface area contributed by atoms with Crippen molar-refractivity contribution in [2.24, 2.45) is 5.41 Å². The van der Waals surface area contributed by atoms with Gasteiger partial charge in [-0.2, -0.15) is 0 Å². The highest BCUT2D eigenvalue weighted by atomic mass is 15.1. The summed E-state index contributed by atoms with van der Waals surface area (Å²) >= 11 is 0. The number of rotatable bonds is 3. The zero-order valence-corrected chi connectivity index (χ0v) is 8.97. The SMILES string of the molecule is CN(CC1(C)CCNC1)C1CCC1. The van der Waals surface area contributed by atoms with Crippen molar-refractivity contribution in [3.63, 3.8) is 0 Å².